The van der Waals surface area contributed by atoms with Crippen LogP contribution in [0, 0.1) is 0 Å². The van der Waals surface area contributed by atoms with E-state index in [1.165, 1.54) is 0 Å². The summed E-state index contributed by atoms with van der Waals surface area (Å²) in [6.45, 7) is 0. The molecule has 1 heterocycles. The average molecular weight is 252 g/mol. The second-order valence-electron chi connectivity index (χ2n) is 4.79. The van der Waals surface area contributed by atoms with Gasteiger partial charge in [0.05, 0.1) is 0 Å². The average Bonchev–Trinajstić information content (AvgIpc) is 2.49. The summed E-state index contributed by atoms with van der Waals surface area (Å²) in [5.41, 5.74) is 1.33. The van der Waals surface area contributed by atoms with Gasteiger partial charge in [-0.2, -0.15) is 5.01 Å². The van der Waals surface area contributed by atoms with Crippen molar-refractivity contribution in [1.82, 2.24) is 10.0 Å². The summed E-state index contributed by atoms with van der Waals surface area (Å²) < 4.78 is 0. The molecule has 0 radical (unpaired) electrons. The van der Waals surface area contributed by atoms with E-state index in [0.717, 1.165) is 11.1 Å². The van der Waals surface area contributed by atoms with E-state index in [4.69, 9.17) is 0 Å². The topological polar surface area (TPSA) is 23.6 Å². The van der Waals surface area contributed by atoms with Crippen LogP contribution in [0.25, 0.3) is 0 Å². The highest BCUT2D eigenvalue weighted by Gasteiger charge is 2.58. The van der Waals surface area contributed by atoms with Crippen molar-refractivity contribution in [3.05, 3.63) is 71.8 Å². The number of nitrogens with zero attached hydrogens (tertiary/aromatic N) is 2. The molecule has 96 valence electrons. The van der Waals surface area contributed by atoms with E-state index in [1.54, 1.807) is 12.1 Å². The monoisotopic (exact) mass is 252 g/mol. The number of likely N-dealkylation sites (N-methyl/N-ethyl adjacent to an activating group) is 2. The minimum absolute atomic E-state index is 0.104. The van der Waals surface area contributed by atoms with E-state index in [2.05, 4.69) is 0 Å². The number of hydrogen-bond acceptors (Lipinski definition) is 2. The Morgan fingerprint density at radius 1 is 0.789 bits per heavy atom. The Kier molecular flexibility index (Phi) is 2.64. The molecule has 3 rings (SSSR count). The maximum Gasteiger partial charge on any atom is 0.268 e. The predicted octanol–water partition coefficient (Wildman–Crippen LogP) is 2.25. The van der Waals surface area contributed by atoms with Gasteiger partial charge in [-0.15, -0.1) is 0 Å². The number of carbonyl (C=O) groups excluding carboxylic acids is 1. The van der Waals surface area contributed by atoms with Crippen molar-refractivity contribution in [3.63, 3.8) is 0 Å². The number of amides is 1. The van der Waals surface area contributed by atoms with Crippen LogP contribution < -0.4 is 0 Å². The fraction of sp³-hybridized carbons (Fsp3) is 0.188. The zero-order valence-electron chi connectivity index (χ0n) is 11.1. The summed E-state index contributed by atoms with van der Waals surface area (Å²) in [6.07, 6.45) is 0. The van der Waals surface area contributed by atoms with Crippen molar-refractivity contribution in [1.29, 1.82) is 0 Å². The Morgan fingerprint density at radius 3 is 1.58 bits per heavy atom. The van der Waals surface area contributed by atoms with Crippen LogP contribution in [0.3, 0.4) is 0 Å². The van der Waals surface area contributed by atoms with Gasteiger partial charge in [0.25, 0.3) is 5.91 Å². The maximum atomic E-state index is 12.6. The minimum Gasteiger partial charge on any atom is -0.275 e. The molecule has 1 saturated heterocycles. The lowest BCUT2D eigenvalue weighted by atomic mass is 9.78. The standard InChI is InChI=1S/C16H16N2O/c1-17-15(19)16(18(17)2,13-9-5-3-6-10-13)14-11-7-4-8-12-14/h3-12H,1-2H3. The predicted molar refractivity (Wildman–Crippen MR) is 74.2 cm³/mol. The first-order valence-corrected chi connectivity index (χ1v) is 6.32. The molecule has 2 aromatic carbocycles. The minimum atomic E-state index is -0.683. The van der Waals surface area contributed by atoms with Crippen LogP contribution in [-0.4, -0.2) is 30.0 Å². The molecule has 19 heavy (non-hydrogen) atoms. The third-order valence-corrected chi connectivity index (χ3v) is 3.92. The van der Waals surface area contributed by atoms with E-state index in [9.17, 15) is 4.79 Å². The van der Waals surface area contributed by atoms with Gasteiger partial charge in [-0.1, -0.05) is 60.7 Å². The highest BCUT2D eigenvalue weighted by molar-refractivity contribution is 5.95. The summed E-state index contributed by atoms with van der Waals surface area (Å²) in [7, 11) is 3.74. The van der Waals surface area contributed by atoms with Gasteiger partial charge in [0, 0.05) is 14.1 Å². The molecule has 1 aliphatic heterocycles. The summed E-state index contributed by atoms with van der Waals surface area (Å²) in [6, 6.07) is 19.9. The van der Waals surface area contributed by atoms with E-state index in [0.29, 0.717) is 0 Å². The molecule has 0 N–H and O–H groups in total. The molecule has 1 aliphatic rings. The van der Waals surface area contributed by atoms with Gasteiger partial charge in [-0.05, 0) is 11.1 Å². The van der Waals surface area contributed by atoms with E-state index < -0.39 is 5.54 Å². The first-order valence-electron chi connectivity index (χ1n) is 6.32. The molecule has 0 aliphatic carbocycles. The van der Waals surface area contributed by atoms with Crippen LogP contribution in [0.5, 0.6) is 0 Å². The van der Waals surface area contributed by atoms with Gasteiger partial charge >= 0.3 is 0 Å². The number of benzene rings is 2. The van der Waals surface area contributed by atoms with Gasteiger partial charge in [0.15, 0.2) is 5.54 Å². The van der Waals surface area contributed by atoms with Crippen molar-refractivity contribution in [2.24, 2.45) is 0 Å². The highest BCUT2D eigenvalue weighted by Crippen LogP contribution is 2.44. The van der Waals surface area contributed by atoms with Gasteiger partial charge < -0.3 is 0 Å². The Morgan fingerprint density at radius 2 is 1.21 bits per heavy atom. The van der Waals surface area contributed by atoms with Crippen molar-refractivity contribution in [2.45, 2.75) is 5.54 Å². The SMILES string of the molecule is CN1C(=O)C(c2ccccc2)(c2ccccc2)N1C. The molecule has 0 saturated carbocycles. The molecule has 1 fully saturated rings. The molecular weight excluding hydrogens is 236 g/mol. The van der Waals surface area contributed by atoms with Gasteiger partial charge in [0.2, 0.25) is 0 Å². The third kappa shape index (κ3) is 1.45. The molecule has 0 unspecified atom stereocenters. The Bertz CT molecular complexity index is 555. The molecule has 0 spiro atoms. The van der Waals surface area contributed by atoms with Gasteiger partial charge in [-0.3, -0.25) is 9.80 Å². The number of carbonyl (C=O) groups is 1. The molecule has 3 heteroatoms. The van der Waals surface area contributed by atoms with Crippen molar-refractivity contribution in [3.8, 4) is 0 Å². The van der Waals surface area contributed by atoms with Crippen molar-refractivity contribution in [2.75, 3.05) is 14.1 Å². The highest BCUT2D eigenvalue weighted by atomic mass is 16.2. The largest absolute Gasteiger partial charge is 0.275 e. The van der Waals surface area contributed by atoms with Crippen molar-refractivity contribution >= 4 is 5.91 Å². The lowest BCUT2D eigenvalue weighted by Gasteiger charge is -2.55. The molecule has 0 bridgehead atoms. The van der Waals surface area contributed by atoms with E-state index in [-0.39, 0.29) is 5.91 Å². The molecule has 0 aromatic heterocycles. The quantitative estimate of drug-likeness (QED) is 0.818. The first-order chi connectivity index (χ1) is 9.19. The fourth-order valence-electron chi connectivity index (χ4n) is 2.84. The van der Waals surface area contributed by atoms with E-state index >= 15 is 0 Å². The molecule has 0 atom stereocenters. The van der Waals surface area contributed by atoms with Crippen LogP contribution in [0.4, 0.5) is 0 Å². The second kappa shape index (κ2) is 4.21. The van der Waals surface area contributed by atoms with Crippen LogP contribution in [0.1, 0.15) is 11.1 Å². The maximum absolute atomic E-state index is 12.6. The van der Waals surface area contributed by atoms with Crippen LogP contribution >= 0.6 is 0 Å². The van der Waals surface area contributed by atoms with Gasteiger partial charge in [0.1, 0.15) is 0 Å². The Balaban J connectivity index is 2.22. The summed E-state index contributed by atoms with van der Waals surface area (Å²) in [4.78, 5) is 12.6. The summed E-state index contributed by atoms with van der Waals surface area (Å²) in [5, 5.41) is 3.64. The first kappa shape index (κ1) is 11.9. The molecule has 3 nitrogen and oxygen atoms in total. The zero-order valence-corrected chi connectivity index (χ0v) is 11.1. The number of rotatable bonds is 2. The lowest BCUT2D eigenvalue weighted by molar-refractivity contribution is -0.201. The normalized spacial score (nSPS) is 18.2. The van der Waals surface area contributed by atoms with Crippen LogP contribution in [0.15, 0.2) is 60.7 Å². The number of hydrogen-bond donors (Lipinski definition) is 0. The Hall–Kier alpha value is -2.13. The molecular formula is C16H16N2O. The smallest absolute Gasteiger partial charge is 0.268 e. The number of hydrazine groups is 1. The van der Waals surface area contributed by atoms with Crippen LogP contribution in [-0.2, 0) is 10.3 Å². The second-order valence-corrected chi connectivity index (χ2v) is 4.79. The lowest BCUT2D eigenvalue weighted by Crippen LogP contribution is -2.72. The molecule has 1 amide bonds. The molecule has 2 aromatic rings. The summed E-state index contributed by atoms with van der Waals surface area (Å²) >= 11 is 0. The third-order valence-electron chi connectivity index (χ3n) is 3.92. The zero-order chi connectivity index (χ0) is 13.5. The van der Waals surface area contributed by atoms with Crippen molar-refractivity contribution < 1.29 is 4.79 Å². The fourth-order valence-corrected chi connectivity index (χ4v) is 2.84. The van der Waals surface area contributed by atoms with Crippen LogP contribution in [0.2, 0.25) is 0 Å². The van der Waals surface area contributed by atoms with Gasteiger partial charge in [-0.25, -0.2) is 0 Å². The summed E-state index contributed by atoms with van der Waals surface area (Å²) in [5.74, 6) is 0.104. The van der Waals surface area contributed by atoms with E-state index in [1.807, 2.05) is 72.7 Å². The Labute approximate surface area is 113 Å².